The molecule has 0 N–H and O–H groups in total. The summed E-state index contributed by atoms with van der Waals surface area (Å²) in [5.74, 6) is 0. The van der Waals surface area contributed by atoms with Crippen molar-refractivity contribution in [2.24, 2.45) is 0 Å². The summed E-state index contributed by atoms with van der Waals surface area (Å²) in [6.07, 6.45) is 3.67. The Bertz CT molecular complexity index is 548. The van der Waals surface area contributed by atoms with Crippen LogP contribution in [0.15, 0.2) is 59.8 Å². The van der Waals surface area contributed by atoms with Gasteiger partial charge in [0.2, 0.25) is 0 Å². The van der Waals surface area contributed by atoms with Gasteiger partial charge in [-0.25, -0.2) is 0 Å². The molecular weight excluding hydrogens is 275 g/mol. The van der Waals surface area contributed by atoms with Gasteiger partial charge >= 0.3 is 106 Å². The maximum atomic E-state index is 4.43. The number of pyridine rings is 2. The van der Waals surface area contributed by atoms with Crippen LogP contribution in [0, 0.1) is 0 Å². The van der Waals surface area contributed by atoms with Gasteiger partial charge in [-0.05, 0) is 0 Å². The number of hydrogen-bond donors (Lipinski definition) is 0. The van der Waals surface area contributed by atoms with E-state index in [1.54, 1.807) is 0 Å². The van der Waals surface area contributed by atoms with Crippen molar-refractivity contribution in [3.05, 3.63) is 59.8 Å². The summed E-state index contributed by atoms with van der Waals surface area (Å²) >= 11 is 0.362. The Balaban J connectivity index is 2.13. The second-order valence-corrected chi connectivity index (χ2v) is 5.52. The molecule has 3 heteroatoms. The van der Waals surface area contributed by atoms with Crippen LogP contribution in [0.4, 0.5) is 0 Å². The monoisotopic (exact) mass is 286 g/mol. The van der Waals surface area contributed by atoms with E-state index in [0.717, 1.165) is 11.4 Å². The first-order valence-electron chi connectivity index (χ1n) is 5.35. The van der Waals surface area contributed by atoms with Gasteiger partial charge in [-0.3, -0.25) is 0 Å². The van der Waals surface area contributed by atoms with Crippen molar-refractivity contribution in [2.45, 2.75) is 0 Å². The molecular formula is C14H10N2Se. The SMILES string of the molecule is c1ccc(-c2cc[se]c2-c2ccccn2)nc1. The van der Waals surface area contributed by atoms with E-state index in [4.69, 9.17) is 0 Å². The molecule has 3 aromatic heterocycles. The molecule has 0 unspecified atom stereocenters. The molecule has 0 spiro atoms. The molecule has 2 nitrogen and oxygen atoms in total. The van der Waals surface area contributed by atoms with E-state index < -0.39 is 0 Å². The van der Waals surface area contributed by atoms with E-state index in [0.29, 0.717) is 14.5 Å². The van der Waals surface area contributed by atoms with Crippen LogP contribution < -0.4 is 0 Å². The summed E-state index contributed by atoms with van der Waals surface area (Å²) in [7, 11) is 0. The molecule has 0 aliphatic carbocycles. The van der Waals surface area contributed by atoms with Crippen molar-refractivity contribution in [3.8, 4) is 21.4 Å². The summed E-state index contributed by atoms with van der Waals surface area (Å²) in [4.78, 5) is 11.1. The quantitative estimate of drug-likeness (QED) is 0.677. The molecule has 0 saturated heterocycles. The van der Waals surface area contributed by atoms with Gasteiger partial charge in [0, 0.05) is 0 Å². The van der Waals surface area contributed by atoms with Gasteiger partial charge in [-0.2, -0.15) is 0 Å². The summed E-state index contributed by atoms with van der Waals surface area (Å²) in [5.41, 5.74) is 3.31. The number of nitrogens with zero attached hydrogens (tertiary/aromatic N) is 2. The molecule has 0 atom stereocenters. The minimum atomic E-state index is 0.362. The van der Waals surface area contributed by atoms with Gasteiger partial charge in [0.1, 0.15) is 0 Å². The summed E-state index contributed by atoms with van der Waals surface area (Å²) in [5, 5.41) is 0. The molecule has 0 saturated carbocycles. The fraction of sp³-hybridized carbons (Fsp3) is 0. The molecule has 17 heavy (non-hydrogen) atoms. The fourth-order valence-electron chi connectivity index (χ4n) is 1.73. The van der Waals surface area contributed by atoms with E-state index in [1.165, 1.54) is 10.0 Å². The van der Waals surface area contributed by atoms with Crippen LogP contribution in [-0.2, 0) is 0 Å². The first-order valence-corrected chi connectivity index (χ1v) is 7.20. The molecule has 3 rings (SSSR count). The normalized spacial score (nSPS) is 10.4. The Labute approximate surface area is 106 Å². The van der Waals surface area contributed by atoms with Crippen LogP contribution in [0.2, 0.25) is 0 Å². The Kier molecular flexibility index (Phi) is 2.86. The van der Waals surface area contributed by atoms with Gasteiger partial charge in [0.25, 0.3) is 0 Å². The Hall–Kier alpha value is -1.70. The predicted octanol–water partition coefficient (Wildman–Crippen LogP) is 2.87. The molecule has 0 aliphatic heterocycles. The number of aromatic nitrogens is 2. The molecule has 0 aromatic carbocycles. The minimum absolute atomic E-state index is 0.362. The molecule has 0 radical (unpaired) electrons. The molecule has 3 aromatic rings. The van der Waals surface area contributed by atoms with Gasteiger partial charge in [-0.15, -0.1) is 0 Å². The predicted molar refractivity (Wildman–Crippen MR) is 69.8 cm³/mol. The third-order valence-corrected chi connectivity index (χ3v) is 4.47. The Morgan fingerprint density at radius 1 is 0.765 bits per heavy atom. The molecule has 3 heterocycles. The fourth-order valence-corrected chi connectivity index (χ4v) is 3.58. The van der Waals surface area contributed by atoms with Gasteiger partial charge < -0.3 is 0 Å². The summed E-state index contributed by atoms with van der Waals surface area (Å²) < 4.78 is 1.32. The maximum absolute atomic E-state index is 4.43. The van der Waals surface area contributed by atoms with Crippen molar-refractivity contribution in [2.75, 3.05) is 0 Å². The van der Waals surface area contributed by atoms with Gasteiger partial charge in [0.05, 0.1) is 0 Å². The van der Waals surface area contributed by atoms with Crippen LogP contribution in [0.5, 0.6) is 0 Å². The van der Waals surface area contributed by atoms with E-state index in [2.05, 4.69) is 27.0 Å². The standard InChI is InChI=1S/C14H10N2Se/c1-3-8-15-12(5-1)11-7-10-17-14(11)13-6-2-4-9-16-13/h1-10H. The molecule has 0 bridgehead atoms. The average Bonchev–Trinajstić information content (AvgIpc) is 2.90. The molecule has 82 valence electrons. The van der Waals surface area contributed by atoms with Crippen LogP contribution >= 0.6 is 0 Å². The van der Waals surface area contributed by atoms with Crippen molar-refractivity contribution in [1.29, 1.82) is 0 Å². The van der Waals surface area contributed by atoms with E-state index in [1.807, 2.05) is 42.7 Å². The van der Waals surface area contributed by atoms with E-state index in [-0.39, 0.29) is 0 Å². The van der Waals surface area contributed by atoms with E-state index in [9.17, 15) is 0 Å². The third kappa shape index (κ3) is 2.07. The third-order valence-electron chi connectivity index (χ3n) is 2.50. The number of rotatable bonds is 2. The van der Waals surface area contributed by atoms with Crippen molar-refractivity contribution in [1.82, 2.24) is 9.97 Å². The Morgan fingerprint density at radius 2 is 1.47 bits per heavy atom. The number of hydrogen-bond acceptors (Lipinski definition) is 2. The molecule has 0 aliphatic rings. The zero-order valence-corrected chi connectivity index (χ0v) is 10.8. The first-order chi connectivity index (χ1) is 8.45. The van der Waals surface area contributed by atoms with Crippen LogP contribution in [0.25, 0.3) is 21.4 Å². The zero-order valence-electron chi connectivity index (χ0n) is 9.08. The van der Waals surface area contributed by atoms with Crippen LogP contribution in [0.3, 0.4) is 0 Å². The summed E-state index contributed by atoms with van der Waals surface area (Å²) in [6, 6.07) is 14.2. The molecule has 0 fully saturated rings. The van der Waals surface area contributed by atoms with Crippen LogP contribution in [-0.4, -0.2) is 24.5 Å². The van der Waals surface area contributed by atoms with Gasteiger partial charge in [-0.1, -0.05) is 0 Å². The van der Waals surface area contributed by atoms with Crippen LogP contribution in [0.1, 0.15) is 0 Å². The van der Waals surface area contributed by atoms with Gasteiger partial charge in [0.15, 0.2) is 0 Å². The first kappa shape index (κ1) is 10.5. The second-order valence-electron chi connectivity index (χ2n) is 3.59. The second kappa shape index (κ2) is 4.66. The summed E-state index contributed by atoms with van der Waals surface area (Å²) in [6.45, 7) is 0. The average molecular weight is 285 g/mol. The van der Waals surface area contributed by atoms with E-state index >= 15 is 0 Å². The topological polar surface area (TPSA) is 25.8 Å². The molecule has 0 amide bonds. The zero-order chi connectivity index (χ0) is 11.5. The van der Waals surface area contributed by atoms with Crippen molar-refractivity contribution in [3.63, 3.8) is 0 Å². The van der Waals surface area contributed by atoms with Crippen molar-refractivity contribution >= 4 is 14.5 Å². The Morgan fingerprint density at radius 3 is 2.12 bits per heavy atom. The van der Waals surface area contributed by atoms with Crippen molar-refractivity contribution < 1.29 is 0 Å².